The molecule has 0 radical (unpaired) electrons. The Labute approximate surface area is 96.5 Å². The zero-order chi connectivity index (χ0) is 12.8. The monoisotopic (exact) mass is 238 g/mol. The van der Waals surface area contributed by atoms with Gasteiger partial charge in [-0.2, -0.15) is 0 Å². The number of oxime groups is 1. The third-order valence-corrected chi connectivity index (χ3v) is 1.85. The number of hydrogen-bond donors (Lipinski definition) is 1. The smallest absolute Gasteiger partial charge is 0.347 e. The lowest BCUT2D eigenvalue weighted by Gasteiger charge is -2.02. The van der Waals surface area contributed by atoms with Crippen LogP contribution in [0.5, 0.6) is 0 Å². The molecule has 17 heavy (non-hydrogen) atoms. The van der Waals surface area contributed by atoms with E-state index in [-0.39, 0.29) is 5.69 Å². The number of nitrogens with zero attached hydrogens (tertiary/aromatic N) is 2. The Kier molecular flexibility index (Phi) is 4.15. The van der Waals surface area contributed by atoms with Crippen LogP contribution in [0.1, 0.15) is 12.5 Å². The minimum Gasteiger partial charge on any atom is -0.478 e. The Morgan fingerprint density at radius 2 is 2.35 bits per heavy atom. The molecule has 7 nitrogen and oxygen atoms in total. The van der Waals surface area contributed by atoms with E-state index in [1.54, 1.807) is 6.07 Å². The highest BCUT2D eigenvalue weighted by atomic mass is 16.6. The quantitative estimate of drug-likeness (QED) is 0.474. The zero-order valence-corrected chi connectivity index (χ0v) is 8.94. The predicted molar refractivity (Wildman–Crippen MR) is 58.9 cm³/mol. The second kappa shape index (κ2) is 5.59. The molecule has 90 valence electrons. The van der Waals surface area contributed by atoms with Crippen LogP contribution in [-0.2, 0) is 9.63 Å². The molecule has 1 unspecified atom stereocenters. The number of nitro benzene ring substituents is 1. The summed E-state index contributed by atoms with van der Waals surface area (Å²) < 4.78 is 0. The van der Waals surface area contributed by atoms with Gasteiger partial charge in [0.2, 0.25) is 6.10 Å². The summed E-state index contributed by atoms with van der Waals surface area (Å²) in [4.78, 5) is 25.0. The molecule has 1 rings (SSSR count). The van der Waals surface area contributed by atoms with E-state index >= 15 is 0 Å². The van der Waals surface area contributed by atoms with E-state index < -0.39 is 17.0 Å². The standard InChI is InChI=1S/C10H10N2O5/c1-7(10(13)14)17-11-6-8-3-2-4-9(5-8)12(15)16/h2-7H,1H3,(H,13,14). The second-order valence-electron chi connectivity index (χ2n) is 3.17. The maximum Gasteiger partial charge on any atom is 0.347 e. The Morgan fingerprint density at radius 1 is 1.65 bits per heavy atom. The molecule has 1 atom stereocenters. The number of nitro groups is 1. The number of carboxylic acid groups (broad SMARTS) is 1. The SMILES string of the molecule is CC(ON=Cc1cccc([N+](=O)[O-])c1)C(=O)O. The van der Waals surface area contributed by atoms with Gasteiger partial charge in [0.15, 0.2) is 0 Å². The topological polar surface area (TPSA) is 102 Å². The predicted octanol–water partition coefficient (Wildman–Crippen LogP) is 1.42. The molecule has 0 fully saturated rings. The van der Waals surface area contributed by atoms with Crippen molar-refractivity contribution in [3.05, 3.63) is 39.9 Å². The first-order chi connectivity index (χ1) is 8.00. The molecule has 0 aliphatic heterocycles. The van der Waals surface area contributed by atoms with Crippen molar-refractivity contribution in [1.29, 1.82) is 0 Å². The number of aliphatic carboxylic acids is 1. The van der Waals surface area contributed by atoms with E-state index in [4.69, 9.17) is 5.11 Å². The third kappa shape index (κ3) is 3.90. The van der Waals surface area contributed by atoms with Crippen molar-refractivity contribution in [2.45, 2.75) is 13.0 Å². The number of rotatable bonds is 5. The minimum atomic E-state index is -1.14. The van der Waals surface area contributed by atoms with Gasteiger partial charge in [-0.05, 0) is 6.92 Å². The van der Waals surface area contributed by atoms with Gasteiger partial charge in [-0.15, -0.1) is 0 Å². The van der Waals surface area contributed by atoms with Crippen LogP contribution in [0.2, 0.25) is 0 Å². The maximum absolute atomic E-state index is 10.5. The van der Waals surface area contributed by atoms with Crippen molar-refractivity contribution in [1.82, 2.24) is 0 Å². The Hall–Kier alpha value is -2.44. The highest BCUT2D eigenvalue weighted by Gasteiger charge is 2.10. The molecule has 1 aromatic rings. The zero-order valence-electron chi connectivity index (χ0n) is 8.94. The van der Waals surface area contributed by atoms with Crippen LogP contribution in [-0.4, -0.2) is 28.3 Å². The first-order valence-electron chi connectivity index (χ1n) is 4.67. The van der Waals surface area contributed by atoms with Crippen LogP contribution in [0.25, 0.3) is 0 Å². The first-order valence-corrected chi connectivity index (χ1v) is 4.67. The summed E-state index contributed by atoms with van der Waals surface area (Å²) in [6.45, 7) is 1.33. The molecule has 0 aliphatic rings. The molecule has 7 heteroatoms. The molecule has 0 saturated carbocycles. The molecule has 0 heterocycles. The van der Waals surface area contributed by atoms with Crippen molar-refractivity contribution in [3.8, 4) is 0 Å². The summed E-state index contributed by atoms with van der Waals surface area (Å²) in [5.41, 5.74) is 0.386. The first kappa shape index (κ1) is 12.6. The van der Waals surface area contributed by atoms with Gasteiger partial charge in [0.25, 0.3) is 5.69 Å². The maximum atomic E-state index is 10.5. The second-order valence-corrected chi connectivity index (χ2v) is 3.17. The van der Waals surface area contributed by atoms with Gasteiger partial charge >= 0.3 is 5.97 Å². The highest BCUT2D eigenvalue weighted by Crippen LogP contribution is 2.11. The molecule has 0 aromatic heterocycles. The largest absolute Gasteiger partial charge is 0.478 e. The van der Waals surface area contributed by atoms with E-state index in [0.717, 1.165) is 0 Å². The average Bonchev–Trinajstić information content (AvgIpc) is 2.29. The van der Waals surface area contributed by atoms with Crippen LogP contribution in [0.4, 0.5) is 5.69 Å². The van der Waals surface area contributed by atoms with Gasteiger partial charge in [0.05, 0.1) is 11.1 Å². The van der Waals surface area contributed by atoms with Crippen molar-refractivity contribution < 1.29 is 19.7 Å². The number of carboxylic acids is 1. The molecule has 0 spiro atoms. The molecule has 0 amide bonds. The summed E-state index contributed by atoms with van der Waals surface area (Å²) >= 11 is 0. The third-order valence-electron chi connectivity index (χ3n) is 1.85. The van der Waals surface area contributed by atoms with Gasteiger partial charge in [0, 0.05) is 17.7 Å². The highest BCUT2D eigenvalue weighted by molar-refractivity contribution is 5.80. The van der Waals surface area contributed by atoms with Crippen molar-refractivity contribution in [2.24, 2.45) is 5.16 Å². The Morgan fingerprint density at radius 3 is 2.94 bits per heavy atom. The van der Waals surface area contributed by atoms with Crippen LogP contribution in [0.15, 0.2) is 29.4 Å². The van der Waals surface area contributed by atoms with Crippen molar-refractivity contribution >= 4 is 17.9 Å². The van der Waals surface area contributed by atoms with E-state index in [1.807, 2.05) is 0 Å². The van der Waals surface area contributed by atoms with Crippen LogP contribution in [0, 0.1) is 10.1 Å². The summed E-state index contributed by atoms with van der Waals surface area (Å²) in [7, 11) is 0. The molecule has 1 aromatic carbocycles. The molecule has 0 bridgehead atoms. The number of carbonyl (C=O) groups is 1. The van der Waals surface area contributed by atoms with E-state index in [0.29, 0.717) is 5.56 Å². The molecule has 1 N–H and O–H groups in total. The molecule has 0 saturated heterocycles. The van der Waals surface area contributed by atoms with Gasteiger partial charge in [-0.1, -0.05) is 17.3 Å². The van der Waals surface area contributed by atoms with E-state index in [9.17, 15) is 14.9 Å². The molecule has 0 aliphatic carbocycles. The summed E-state index contributed by atoms with van der Waals surface area (Å²) in [6.07, 6.45) is 0.150. The Bertz CT molecular complexity index is 458. The number of benzene rings is 1. The summed E-state index contributed by atoms with van der Waals surface area (Å²) in [5.74, 6) is -1.14. The van der Waals surface area contributed by atoms with Crippen molar-refractivity contribution in [3.63, 3.8) is 0 Å². The van der Waals surface area contributed by atoms with Crippen molar-refractivity contribution in [2.75, 3.05) is 0 Å². The minimum absolute atomic E-state index is 0.0692. The lowest BCUT2D eigenvalue weighted by atomic mass is 10.2. The Balaban J connectivity index is 2.68. The van der Waals surface area contributed by atoms with Gasteiger partial charge < -0.3 is 9.94 Å². The van der Waals surface area contributed by atoms with E-state index in [1.165, 1.54) is 31.3 Å². The number of hydrogen-bond acceptors (Lipinski definition) is 5. The lowest BCUT2D eigenvalue weighted by Crippen LogP contribution is -2.17. The van der Waals surface area contributed by atoms with Gasteiger partial charge in [0.1, 0.15) is 0 Å². The summed E-state index contributed by atoms with van der Waals surface area (Å²) in [6, 6.07) is 5.74. The fourth-order valence-electron chi connectivity index (χ4n) is 0.946. The van der Waals surface area contributed by atoms with Gasteiger partial charge in [-0.25, -0.2) is 4.79 Å². The van der Waals surface area contributed by atoms with Crippen LogP contribution >= 0.6 is 0 Å². The van der Waals surface area contributed by atoms with Gasteiger partial charge in [-0.3, -0.25) is 10.1 Å². The fourth-order valence-corrected chi connectivity index (χ4v) is 0.946. The van der Waals surface area contributed by atoms with E-state index in [2.05, 4.69) is 9.99 Å². The molecular formula is C10H10N2O5. The number of non-ortho nitro benzene ring substituents is 1. The van der Waals surface area contributed by atoms with Crippen LogP contribution < -0.4 is 0 Å². The average molecular weight is 238 g/mol. The lowest BCUT2D eigenvalue weighted by molar-refractivity contribution is -0.384. The fraction of sp³-hybridized carbons (Fsp3) is 0.200. The summed E-state index contributed by atoms with van der Waals surface area (Å²) in [5, 5.41) is 22.4. The molecular weight excluding hydrogens is 228 g/mol. The van der Waals surface area contributed by atoms with Crippen LogP contribution in [0.3, 0.4) is 0 Å². The normalized spacial score (nSPS) is 12.3.